The molecular formula is C23H26ClN3O5S. The summed E-state index contributed by atoms with van der Waals surface area (Å²) in [6, 6.07) is 6.04. The van der Waals surface area contributed by atoms with E-state index in [0.29, 0.717) is 27.6 Å². The van der Waals surface area contributed by atoms with Gasteiger partial charge in [-0.25, -0.2) is 9.59 Å². The molecule has 1 aromatic heterocycles. The smallest absolute Gasteiger partial charge is 0.341 e. The standard InChI is InChI=1S/C23H26ClN3O5S/c1-5-16-13(4)33-19(18(16)20(29)32-7-3)25-17(28)12-27-21(30)23(6-2,26-22(27)31)14-9-8-10-15(24)11-14/h8-11H,5-7,12H2,1-4H3,(H,25,28)(H,26,31)/t23-/m1/s1. The topological polar surface area (TPSA) is 105 Å². The molecule has 2 N–H and O–H groups in total. The van der Waals surface area contributed by atoms with E-state index < -0.39 is 35.9 Å². The van der Waals surface area contributed by atoms with Crippen molar-refractivity contribution in [1.82, 2.24) is 10.2 Å². The minimum atomic E-state index is -1.30. The van der Waals surface area contributed by atoms with Crippen LogP contribution >= 0.6 is 22.9 Å². The lowest BCUT2D eigenvalue weighted by molar-refractivity contribution is -0.134. The lowest BCUT2D eigenvalue weighted by Crippen LogP contribution is -2.44. The first-order valence-electron chi connectivity index (χ1n) is 10.7. The number of nitrogens with one attached hydrogen (secondary N) is 2. The van der Waals surface area contributed by atoms with E-state index in [1.54, 1.807) is 38.1 Å². The number of hydrogen-bond acceptors (Lipinski definition) is 6. The highest BCUT2D eigenvalue weighted by Gasteiger charge is 2.51. The van der Waals surface area contributed by atoms with E-state index in [1.807, 2.05) is 13.8 Å². The van der Waals surface area contributed by atoms with Gasteiger partial charge in [0.05, 0.1) is 12.2 Å². The van der Waals surface area contributed by atoms with Crippen LogP contribution in [0.4, 0.5) is 9.80 Å². The van der Waals surface area contributed by atoms with Crippen LogP contribution in [0.1, 0.15) is 53.6 Å². The second-order valence-corrected chi connectivity index (χ2v) is 9.21. The number of benzene rings is 1. The summed E-state index contributed by atoms with van der Waals surface area (Å²) in [7, 11) is 0. The molecule has 0 bridgehead atoms. The zero-order valence-corrected chi connectivity index (χ0v) is 20.5. The molecule has 2 aromatic rings. The molecule has 1 fully saturated rings. The number of urea groups is 1. The third kappa shape index (κ3) is 4.60. The Balaban J connectivity index is 1.84. The van der Waals surface area contributed by atoms with Gasteiger partial charge in [0, 0.05) is 9.90 Å². The molecular weight excluding hydrogens is 466 g/mol. The number of esters is 1. The SMILES string of the molecule is CCOC(=O)c1c(NC(=O)CN2C(=O)N[C@](CC)(c3cccc(Cl)c3)C2=O)sc(C)c1CC. The van der Waals surface area contributed by atoms with Crippen molar-refractivity contribution >= 4 is 51.8 Å². The number of aryl methyl sites for hydroxylation is 1. The Hall–Kier alpha value is -2.91. The largest absolute Gasteiger partial charge is 0.462 e. The summed E-state index contributed by atoms with van der Waals surface area (Å²) in [5, 5.41) is 6.20. The first kappa shape index (κ1) is 24.7. The van der Waals surface area contributed by atoms with Crippen LogP contribution in [-0.2, 0) is 26.3 Å². The summed E-state index contributed by atoms with van der Waals surface area (Å²) in [6.07, 6.45) is 0.880. The first-order chi connectivity index (χ1) is 15.7. The molecule has 33 heavy (non-hydrogen) atoms. The minimum Gasteiger partial charge on any atom is -0.462 e. The number of rotatable bonds is 8. The first-order valence-corrected chi connectivity index (χ1v) is 11.9. The van der Waals surface area contributed by atoms with Gasteiger partial charge in [-0.15, -0.1) is 11.3 Å². The Bertz CT molecular complexity index is 1120. The van der Waals surface area contributed by atoms with E-state index in [1.165, 1.54) is 11.3 Å². The fraction of sp³-hybridized carbons (Fsp3) is 0.391. The number of anilines is 1. The molecule has 1 aromatic carbocycles. The summed E-state index contributed by atoms with van der Waals surface area (Å²) in [5.74, 6) is -1.64. The number of ether oxygens (including phenoxy) is 1. The second kappa shape index (κ2) is 9.93. The summed E-state index contributed by atoms with van der Waals surface area (Å²) in [4.78, 5) is 53.1. The summed E-state index contributed by atoms with van der Waals surface area (Å²) >= 11 is 7.35. The Labute approximate surface area is 201 Å². The number of nitrogens with zero attached hydrogens (tertiary/aromatic N) is 1. The maximum Gasteiger partial charge on any atom is 0.341 e. The fourth-order valence-corrected chi connectivity index (χ4v) is 5.32. The Morgan fingerprint density at radius 2 is 1.97 bits per heavy atom. The number of hydrogen-bond donors (Lipinski definition) is 2. The van der Waals surface area contributed by atoms with Crippen LogP contribution in [-0.4, -0.2) is 41.9 Å². The zero-order chi connectivity index (χ0) is 24.3. The van der Waals surface area contributed by atoms with Gasteiger partial charge in [0.2, 0.25) is 5.91 Å². The Morgan fingerprint density at radius 1 is 1.24 bits per heavy atom. The molecule has 8 nitrogen and oxygen atoms in total. The monoisotopic (exact) mass is 491 g/mol. The quantitative estimate of drug-likeness (QED) is 0.424. The number of carbonyl (C=O) groups excluding carboxylic acids is 4. The molecule has 0 aliphatic carbocycles. The lowest BCUT2D eigenvalue weighted by Gasteiger charge is -2.25. The molecule has 10 heteroatoms. The summed E-state index contributed by atoms with van der Waals surface area (Å²) in [5.41, 5.74) is 0.363. The van der Waals surface area contributed by atoms with Gasteiger partial charge in [0.1, 0.15) is 17.1 Å². The van der Waals surface area contributed by atoms with Crippen LogP contribution in [0.15, 0.2) is 24.3 Å². The van der Waals surface area contributed by atoms with Crippen molar-refractivity contribution in [2.45, 2.75) is 46.1 Å². The van der Waals surface area contributed by atoms with Crippen LogP contribution in [0, 0.1) is 6.92 Å². The summed E-state index contributed by atoms with van der Waals surface area (Å²) < 4.78 is 5.15. The second-order valence-electron chi connectivity index (χ2n) is 7.55. The molecule has 4 amide bonds. The third-order valence-electron chi connectivity index (χ3n) is 5.62. The molecule has 0 unspecified atom stereocenters. The van der Waals surface area contributed by atoms with Crippen molar-refractivity contribution in [3.05, 3.63) is 50.9 Å². The molecule has 0 radical (unpaired) electrons. The molecule has 2 heterocycles. The number of amides is 4. The van der Waals surface area contributed by atoms with Gasteiger partial charge in [-0.1, -0.05) is 37.6 Å². The average molecular weight is 492 g/mol. The number of carbonyl (C=O) groups is 4. The van der Waals surface area contributed by atoms with Gasteiger partial charge >= 0.3 is 12.0 Å². The molecule has 1 aliphatic heterocycles. The van der Waals surface area contributed by atoms with Crippen molar-refractivity contribution in [3.8, 4) is 0 Å². The van der Waals surface area contributed by atoms with Gasteiger partial charge in [-0.3, -0.25) is 14.5 Å². The molecule has 176 valence electrons. The van der Waals surface area contributed by atoms with E-state index in [0.717, 1.165) is 15.3 Å². The van der Waals surface area contributed by atoms with Gasteiger partial charge in [-0.2, -0.15) is 0 Å². The van der Waals surface area contributed by atoms with Gasteiger partial charge in [0.25, 0.3) is 5.91 Å². The maximum absolute atomic E-state index is 13.3. The van der Waals surface area contributed by atoms with Gasteiger partial charge in [-0.05, 0) is 49.9 Å². The molecule has 3 rings (SSSR count). The lowest BCUT2D eigenvalue weighted by atomic mass is 9.87. The van der Waals surface area contributed by atoms with E-state index in [2.05, 4.69) is 10.6 Å². The van der Waals surface area contributed by atoms with Crippen LogP contribution < -0.4 is 10.6 Å². The van der Waals surface area contributed by atoms with E-state index in [9.17, 15) is 19.2 Å². The van der Waals surface area contributed by atoms with Crippen molar-refractivity contribution < 1.29 is 23.9 Å². The van der Waals surface area contributed by atoms with Gasteiger partial charge in [0.15, 0.2) is 0 Å². The summed E-state index contributed by atoms with van der Waals surface area (Å²) in [6.45, 7) is 6.97. The molecule has 0 saturated carbocycles. The van der Waals surface area contributed by atoms with Crippen LogP contribution in [0.2, 0.25) is 5.02 Å². The van der Waals surface area contributed by atoms with Crippen LogP contribution in [0.25, 0.3) is 0 Å². The third-order valence-corrected chi connectivity index (χ3v) is 6.92. The maximum atomic E-state index is 13.3. The van der Waals surface area contributed by atoms with Crippen molar-refractivity contribution in [3.63, 3.8) is 0 Å². The minimum absolute atomic E-state index is 0.204. The average Bonchev–Trinajstić information content (AvgIpc) is 3.21. The molecule has 1 aliphatic rings. The van der Waals surface area contributed by atoms with E-state index in [4.69, 9.17) is 16.3 Å². The van der Waals surface area contributed by atoms with Crippen molar-refractivity contribution in [2.24, 2.45) is 0 Å². The predicted molar refractivity (Wildman–Crippen MR) is 127 cm³/mol. The highest BCUT2D eigenvalue weighted by Crippen LogP contribution is 2.35. The van der Waals surface area contributed by atoms with E-state index in [-0.39, 0.29) is 13.0 Å². The number of thiophene rings is 1. The highest BCUT2D eigenvalue weighted by atomic mass is 35.5. The van der Waals surface area contributed by atoms with Gasteiger partial charge < -0.3 is 15.4 Å². The Kier molecular flexibility index (Phi) is 7.44. The predicted octanol–water partition coefficient (Wildman–Crippen LogP) is 4.24. The van der Waals surface area contributed by atoms with Crippen LogP contribution in [0.3, 0.4) is 0 Å². The van der Waals surface area contributed by atoms with Crippen LogP contribution in [0.5, 0.6) is 0 Å². The normalized spacial score (nSPS) is 17.8. The highest BCUT2D eigenvalue weighted by molar-refractivity contribution is 7.16. The Morgan fingerprint density at radius 3 is 2.58 bits per heavy atom. The fourth-order valence-electron chi connectivity index (χ4n) is 3.98. The molecule has 1 saturated heterocycles. The molecule has 1 atom stereocenters. The van der Waals surface area contributed by atoms with Crippen molar-refractivity contribution in [2.75, 3.05) is 18.5 Å². The number of halogens is 1. The number of imide groups is 1. The zero-order valence-electron chi connectivity index (χ0n) is 18.9. The van der Waals surface area contributed by atoms with Crippen molar-refractivity contribution in [1.29, 1.82) is 0 Å². The van der Waals surface area contributed by atoms with E-state index >= 15 is 0 Å². The molecule has 0 spiro atoms.